The van der Waals surface area contributed by atoms with Gasteiger partial charge in [-0.3, -0.25) is 4.79 Å². The maximum absolute atomic E-state index is 12.5. The second-order valence-electron chi connectivity index (χ2n) is 5.20. The average Bonchev–Trinajstić information content (AvgIpc) is 3.05. The molecule has 3 rings (SSSR count). The summed E-state index contributed by atoms with van der Waals surface area (Å²) < 4.78 is 6.18. The van der Waals surface area contributed by atoms with Gasteiger partial charge in [-0.15, -0.1) is 11.3 Å². The smallest absolute Gasteiger partial charge is 0.331 e. The van der Waals surface area contributed by atoms with Gasteiger partial charge in [-0.1, -0.05) is 18.2 Å². The molecular formula is C15H15NO4S. The first-order chi connectivity index (χ1) is 10.0. The van der Waals surface area contributed by atoms with Gasteiger partial charge >= 0.3 is 5.97 Å². The number of hydrogen-bond acceptors (Lipinski definition) is 4. The van der Waals surface area contributed by atoms with E-state index < -0.39 is 11.5 Å². The Kier molecular flexibility index (Phi) is 3.43. The Bertz CT molecular complexity index is 716. The molecule has 2 aromatic rings. The molecule has 0 bridgehead atoms. The summed E-state index contributed by atoms with van der Waals surface area (Å²) >= 11 is 1.38. The molecule has 1 aliphatic heterocycles. The minimum atomic E-state index is -1.31. The van der Waals surface area contributed by atoms with E-state index in [1.807, 2.05) is 31.2 Å². The second-order valence-corrected chi connectivity index (χ2v) is 6.25. The van der Waals surface area contributed by atoms with Gasteiger partial charge in [0.05, 0.1) is 11.5 Å². The monoisotopic (exact) mass is 305 g/mol. The molecule has 2 heterocycles. The summed E-state index contributed by atoms with van der Waals surface area (Å²) in [6, 6.07) is 7.76. The maximum atomic E-state index is 12.5. The van der Waals surface area contributed by atoms with Crippen molar-refractivity contribution in [3.05, 3.63) is 34.7 Å². The molecule has 1 aliphatic rings. The topological polar surface area (TPSA) is 75.6 Å². The highest BCUT2D eigenvalue weighted by Gasteiger charge is 2.44. The molecular weight excluding hydrogens is 290 g/mol. The molecule has 2 N–H and O–H groups in total. The highest BCUT2D eigenvalue weighted by atomic mass is 32.1. The summed E-state index contributed by atoms with van der Waals surface area (Å²) in [5, 5.41) is 13.1. The number of ether oxygens (including phenoxy) is 1. The van der Waals surface area contributed by atoms with Gasteiger partial charge in [-0.05, 0) is 23.9 Å². The van der Waals surface area contributed by atoms with Crippen molar-refractivity contribution in [1.82, 2.24) is 5.32 Å². The van der Waals surface area contributed by atoms with Crippen LogP contribution in [0.2, 0.25) is 0 Å². The third-order valence-electron chi connectivity index (χ3n) is 3.83. The van der Waals surface area contributed by atoms with Crippen molar-refractivity contribution in [3.8, 4) is 0 Å². The average molecular weight is 305 g/mol. The molecule has 0 spiro atoms. The van der Waals surface area contributed by atoms with E-state index >= 15 is 0 Å². The van der Waals surface area contributed by atoms with E-state index in [1.165, 1.54) is 11.3 Å². The van der Waals surface area contributed by atoms with E-state index in [2.05, 4.69) is 5.32 Å². The Morgan fingerprint density at radius 2 is 2.14 bits per heavy atom. The number of aliphatic carboxylic acids is 1. The van der Waals surface area contributed by atoms with E-state index in [0.717, 1.165) is 15.6 Å². The third kappa shape index (κ3) is 2.30. The lowest BCUT2D eigenvalue weighted by Crippen LogP contribution is -2.55. The second kappa shape index (κ2) is 5.13. The van der Waals surface area contributed by atoms with Crippen LogP contribution in [0.25, 0.3) is 10.1 Å². The molecule has 0 saturated carbocycles. The number of carbonyl (C=O) groups is 2. The van der Waals surface area contributed by atoms with Crippen LogP contribution in [-0.4, -0.2) is 35.7 Å². The number of carbonyl (C=O) groups excluding carboxylic acids is 1. The SMILES string of the molecule is Cc1c(C(=O)NC2(C(=O)O)CCOC2)sc2ccccc12. The number of carboxylic acids is 1. The van der Waals surface area contributed by atoms with Crippen molar-refractivity contribution in [1.29, 1.82) is 0 Å². The highest BCUT2D eigenvalue weighted by Crippen LogP contribution is 2.31. The van der Waals surface area contributed by atoms with Crippen LogP contribution >= 0.6 is 11.3 Å². The molecule has 110 valence electrons. The van der Waals surface area contributed by atoms with E-state index in [4.69, 9.17) is 4.74 Å². The largest absolute Gasteiger partial charge is 0.479 e. The molecule has 1 aromatic carbocycles. The van der Waals surface area contributed by atoms with Gasteiger partial charge in [-0.2, -0.15) is 0 Å². The van der Waals surface area contributed by atoms with Crippen LogP contribution in [0.4, 0.5) is 0 Å². The van der Waals surface area contributed by atoms with Crippen molar-refractivity contribution in [2.45, 2.75) is 18.9 Å². The first kappa shape index (κ1) is 14.0. The summed E-state index contributed by atoms with van der Waals surface area (Å²) in [5.41, 5.74) is -0.424. The molecule has 1 amide bonds. The van der Waals surface area contributed by atoms with E-state index in [9.17, 15) is 14.7 Å². The van der Waals surface area contributed by atoms with Crippen LogP contribution in [0.5, 0.6) is 0 Å². The zero-order chi connectivity index (χ0) is 15.0. The zero-order valence-corrected chi connectivity index (χ0v) is 12.3. The lowest BCUT2D eigenvalue weighted by atomic mass is 9.98. The van der Waals surface area contributed by atoms with Gasteiger partial charge in [0.2, 0.25) is 0 Å². The molecule has 1 fully saturated rings. The standard InChI is InChI=1S/C15H15NO4S/c1-9-10-4-2-3-5-11(10)21-12(9)13(17)16-15(14(18)19)6-7-20-8-15/h2-5H,6-8H2,1H3,(H,16,17)(H,18,19). The highest BCUT2D eigenvalue weighted by molar-refractivity contribution is 7.21. The summed E-state index contributed by atoms with van der Waals surface area (Å²) in [6.45, 7) is 2.24. The van der Waals surface area contributed by atoms with Crippen LogP contribution in [-0.2, 0) is 9.53 Å². The normalized spacial score (nSPS) is 21.6. The fourth-order valence-electron chi connectivity index (χ4n) is 2.55. The van der Waals surface area contributed by atoms with E-state index in [-0.39, 0.29) is 18.9 Å². The van der Waals surface area contributed by atoms with Crippen molar-refractivity contribution >= 4 is 33.3 Å². The first-order valence-electron chi connectivity index (χ1n) is 6.65. The molecule has 0 radical (unpaired) electrons. The van der Waals surface area contributed by atoms with Gasteiger partial charge in [-0.25, -0.2) is 4.79 Å². The molecule has 21 heavy (non-hydrogen) atoms. The lowest BCUT2D eigenvalue weighted by Gasteiger charge is -2.23. The molecule has 5 nitrogen and oxygen atoms in total. The van der Waals surface area contributed by atoms with Gasteiger partial charge in [0, 0.05) is 17.7 Å². The summed E-state index contributed by atoms with van der Waals surface area (Å²) in [5.74, 6) is -1.39. The Labute approximate surface area is 125 Å². The number of thiophene rings is 1. The van der Waals surface area contributed by atoms with Gasteiger partial charge in [0.15, 0.2) is 5.54 Å². The van der Waals surface area contributed by atoms with Gasteiger partial charge < -0.3 is 15.2 Å². The number of fused-ring (bicyclic) bond motifs is 1. The minimum Gasteiger partial charge on any atom is -0.479 e. The molecule has 1 saturated heterocycles. The number of aryl methyl sites for hydroxylation is 1. The maximum Gasteiger partial charge on any atom is 0.331 e. The molecule has 1 aromatic heterocycles. The number of amides is 1. The van der Waals surface area contributed by atoms with Crippen molar-refractivity contribution in [2.75, 3.05) is 13.2 Å². The Morgan fingerprint density at radius 3 is 2.76 bits per heavy atom. The molecule has 1 unspecified atom stereocenters. The minimum absolute atomic E-state index is 0.0119. The van der Waals surface area contributed by atoms with Crippen LogP contribution in [0.1, 0.15) is 21.7 Å². The Morgan fingerprint density at radius 1 is 1.38 bits per heavy atom. The van der Waals surface area contributed by atoms with Gasteiger partial charge in [0.25, 0.3) is 5.91 Å². The van der Waals surface area contributed by atoms with Crippen molar-refractivity contribution in [2.24, 2.45) is 0 Å². The van der Waals surface area contributed by atoms with Gasteiger partial charge in [0.1, 0.15) is 0 Å². The Balaban J connectivity index is 1.94. The number of rotatable bonds is 3. The van der Waals surface area contributed by atoms with Crippen molar-refractivity contribution in [3.63, 3.8) is 0 Å². The van der Waals surface area contributed by atoms with E-state index in [0.29, 0.717) is 11.5 Å². The number of hydrogen-bond donors (Lipinski definition) is 2. The molecule has 1 atom stereocenters. The lowest BCUT2D eigenvalue weighted by molar-refractivity contribution is -0.144. The molecule has 6 heteroatoms. The Hall–Kier alpha value is -1.92. The zero-order valence-electron chi connectivity index (χ0n) is 11.5. The number of benzene rings is 1. The van der Waals surface area contributed by atoms with Crippen LogP contribution in [0, 0.1) is 6.92 Å². The van der Waals surface area contributed by atoms with Crippen LogP contribution in [0.3, 0.4) is 0 Å². The van der Waals surface area contributed by atoms with Crippen molar-refractivity contribution < 1.29 is 19.4 Å². The summed E-state index contributed by atoms with van der Waals surface area (Å²) in [4.78, 5) is 24.5. The van der Waals surface area contributed by atoms with Crippen LogP contribution in [0.15, 0.2) is 24.3 Å². The number of carboxylic acid groups (broad SMARTS) is 1. The third-order valence-corrected chi connectivity index (χ3v) is 5.11. The van der Waals surface area contributed by atoms with Crippen LogP contribution < -0.4 is 5.32 Å². The number of nitrogens with one attached hydrogen (secondary N) is 1. The molecule has 0 aliphatic carbocycles. The summed E-state index contributed by atoms with van der Waals surface area (Å²) in [6.07, 6.45) is 0.290. The predicted octanol–water partition coefficient (Wildman–Crippen LogP) is 2.18. The first-order valence-corrected chi connectivity index (χ1v) is 7.47. The fourth-order valence-corrected chi connectivity index (χ4v) is 3.66. The van der Waals surface area contributed by atoms with E-state index in [1.54, 1.807) is 0 Å². The predicted molar refractivity (Wildman–Crippen MR) is 79.8 cm³/mol. The fraction of sp³-hybridized carbons (Fsp3) is 0.333. The quantitative estimate of drug-likeness (QED) is 0.911. The summed E-state index contributed by atoms with van der Waals surface area (Å²) in [7, 11) is 0.